The summed E-state index contributed by atoms with van der Waals surface area (Å²) in [5, 5.41) is 3.22. The maximum atomic E-state index is 11.6. The van der Waals surface area contributed by atoms with E-state index in [1.54, 1.807) is 13.0 Å². The zero-order chi connectivity index (χ0) is 13.7. The molecule has 1 heterocycles. The van der Waals surface area contributed by atoms with E-state index in [-0.39, 0.29) is 29.1 Å². The highest BCUT2D eigenvalue weighted by molar-refractivity contribution is 6.29. The Morgan fingerprint density at radius 2 is 2.17 bits per heavy atom. The van der Waals surface area contributed by atoms with Crippen molar-refractivity contribution in [3.05, 3.63) is 11.2 Å². The summed E-state index contributed by atoms with van der Waals surface area (Å²) in [5.74, 6) is 0.0205. The molecule has 0 aliphatic heterocycles. The van der Waals surface area contributed by atoms with E-state index in [0.29, 0.717) is 12.4 Å². The molecule has 1 aromatic heterocycles. The molecule has 3 N–H and O–H groups in total. The molecule has 7 heteroatoms. The normalized spacial score (nSPS) is 12.3. The van der Waals surface area contributed by atoms with E-state index in [4.69, 9.17) is 22.1 Å². The average molecular weight is 273 g/mol. The van der Waals surface area contributed by atoms with Crippen molar-refractivity contribution in [1.29, 1.82) is 0 Å². The van der Waals surface area contributed by atoms with Gasteiger partial charge in [0.25, 0.3) is 0 Å². The summed E-state index contributed by atoms with van der Waals surface area (Å²) < 4.78 is 5.09. The van der Waals surface area contributed by atoms with Crippen molar-refractivity contribution in [2.45, 2.75) is 26.9 Å². The van der Waals surface area contributed by atoms with Crippen LogP contribution in [0, 0.1) is 5.92 Å². The molecule has 0 amide bonds. The van der Waals surface area contributed by atoms with Gasteiger partial charge in [0.15, 0.2) is 0 Å². The van der Waals surface area contributed by atoms with Gasteiger partial charge in [0.1, 0.15) is 11.0 Å². The molecule has 100 valence electrons. The summed E-state index contributed by atoms with van der Waals surface area (Å²) in [5.41, 5.74) is 5.45. The molecular formula is C11H17ClN4O2. The Bertz CT molecular complexity index is 405. The van der Waals surface area contributed by atoms with E-state index in [2.05, 4.69) is 15.3 Å². The van der Waals surface area contributed by atoms with Gasteiger partial charge >= 0.3 is 5.97 Å². The lowest BCUT2D eigenvalue weighted by Gasteiger charge is -2.14. The number of rotatable bonds is 5. The lowest BCUT2D eigenvalue weighted by molar-refractivity contribution is -0.151. The standard InChI is InChI=1S/C11H17ClN4O2/c1-6(2)18-10(17)7(3)5-14-9-4-8(12)15-11(13)16-9/h4,6-7H,5H2,1-3H3,(H3,13,14,15,16). The van der Waals surface area contributed by atoms with Gasteiger partial charge in [0, 0.05) is 12.6 Å². The molecule has 1 unspecified atom stereocenters. The third-order valence-electron chi connectivity index (χ3n) is 2.06. The topological polar surface area (TPSA) is 90.1 Å². The van der Waals surface area contributed by atoms with Crippen LogP contribution in [-0.4, -0.2) is 28.6 Å². The molecule has 0 aromatic carbocycles. The maximum absolute atomic E-state index is 11.6. The van der Waals surface area contributed by atoms with E-state index < -0.39 is 0 Å². The lowest BCUT2D eigenvalue weighted by atomic mass is 10.2. The number of hydrogen-bond donors (Lipinski definition) is 2. The van der Waals surface area contributed by atoms with Gasteiger partial charge in [-0.25, -0.2) is 4.98 Å². The van der Waals surface area contributed by atoms with Crippen LogP contribution in [0.1, 0.15) is 20.8 Å². The second-order valence-corrected chi connectivity index (χ2v) is 4.59. The molecule has 0 fully saturated rings. The van der Waals surface area contributed by atoms with Crippen LogP contribution in [0.3, 0.4) is 0 Å². The van der Waals surface area contributed by atoms with Crippen molar-refractivity contribution < 1.29 is 9.53 Å². The number of carbonyl (C=O) groups is 1. The summed E-state index contributed by atoms with van der Waals surface area (Å²) in [6.07, 6.45) is -0.121. The fourth-order valence-electron chi connectivity index (χ4n) is 1.22. The molecule has 0 spiro atoms. The van der Waals surface area contributed by atoms with Crippen LogP contribution in [0.25, 0.3) is 0 Å². The maximum Gasteiger partial charge on any atom is 0.310 e. The Morgan fingerprint density at radius 3 is 2.72 bits per heavy atom. The van der Waals surface area contributed by atoms with Gasteiger partial charge in [-0.2, -0.15) is 4.98 Å². The minimum absolute atomic E-state index is 0.0856. The highest BCUT2D eigenvalue weighted by Gasteiger charge is 2.15. The van der Waals surface area contributed by atoms with Crippen molar-refractivity contribution in [3.8, 4) is 0 Å². The highest BCUT2D eigenvalue weighted by Crippen LogP contribution is 2.13. The van der Waals surface area contributed by atoms with Crippen LogP contribution < -0.4 is 11.1 Å². The van der Waals surface area contributed by atoms with Gasteiger partial charge in [-0.1, -0.05) is 18.5 Å². The largest absolute Gasteiger partial charge is 0.463 e. The minimum atomic E-state index is -0.289. The van der Waals surface area contributed by atoms with Crippen LogP contribution in [0.5, 0.6) is 0 Å². The summed E-state index contributed by atoms with van der Waals surface area (Å²) in [6.45, 7) is 5.77. The number of esters is 1. The molecule has 0 aliphatic rings. The Balaban J connectivity index is 2.51. The molecule has 6 nitrogen and oxygen atoms in total. The van der Waals surface area contributed by atoms with Gasteiger partial charge in [-0.3, -0.25) is 4.79 Å². The van der Waals surface area contributed by atoms with Gasteiger partial charge < -0.3 is 15.8 Å². The number of nitrogens with two attached hydrogens (primary N) is 1. The van der Waals surface area contributed by atoms with E-state index in [9.17, 15) is 4.79 Å². The first-order valence-corrected chi connectivity index (χ1v) is 6.00. The molecular weight excluding hydrogens is 256 g/mol. The molecule has 1 atom stereocenters. The SMILES string of the molecule is CC(C)OC(=O)C(C)CNc1cc(Cl)nc(N)n1. The first-order valence-electron chi connectivity index (χ1n) is 5.63. The van der Waals surface area contributed by atoms with E-state index in [0.717, 1.165) is 0 Å². The predicted molar refractivity (Wildman–Crippen MR) is 70.3 cm³/mol. The van der Waals surface area contributed by atoms with E-state index in [1.807, 2.05) is 13.8 Å². The van der Waals surface area contributed by atoms with Crippen LogP contribution >= 0.6 is 11.6 Å². The fourth-order valence-corrected chi connectivity index (χ4v) is 1.41. The number of nitrogens with zero attached hydrogens (tertiary/aromatic N) is 2. The van der Waals surface area contributed by atoms with Crippen LogP contribution in [-0.2, 0) is 9.53 Å². The number of halogens is 1. The molecule has 18 heavy (non-hydrogen) atoms. The lowest BCUT2D eigenvalue weighted by Crippen LogP contribution is -2.25. The number of aromatic nitrogens is 2. The summed E-state index contributed by atoms with van der Waals surface area (Å²) in [6, 6.07) is 1.54. The first kappa shape index (κ1) is 14.5. The van der Waals surface area contributed by atoms with Gasteiger partial charge in [-0.15, -0.1) is 0 Å². The number of nitrogens with one attached hydrogen (secondary N) is 1. The van der Waals surface area contributed by atoms with E-state index >= 15 is 0 Å². The van der Waals surface area contributed by atoms with Gasteiger partial charge in [0.2, 0.25) is 5.95 Å². The smallest absolute Gasteiger partial charge is 0.310 e. The zero-order valence-electron chi connectivity index (χ0n) is 10.6. The van der Waals surface area contributed by atoms with Crippen molar-refractivity contribution in [2.24, 2.45) is 5.92 Å². The summed E-state index contributed by atoms with van der Waals surface area (Å²) >= 11 is 5.73. The highest BCUT2D eigenvalue weighted by atomic mass is 35.5. The average Bonchev–Trinajstić information content (AvgIpc) is 2.23. The third-order valence-corrected chi connectivity index (χ3v) is 2.25. The van der Waals surface area contributed by atoms with Crippen molar-refractivity contribution in [2.75, 3.05) is 17.6 Å². The Labute approximate surface area is 111 Å². The van der Waals surface area contributed by atoms with Crippen molar-refractivity contribution >= 4 is 29.3 Å². The van der Waals surface area contributed by atoms with Gasteiger partial charge in [0.05, 0.1) is 12.0 Å². The van der Waals surface area contributed by atoms with Crippen molar-refractivity contribution in [1.82, 2.24) is 9.97 Å². The Kier molecular flexibility index (Phi) is 5.15. The molecule has 1 rings (SSSR count). The third kappa shape index (κ3) is 4.75. The van der Waals surface area contributed by atoms with Gasteiger partial charge in [-0.05, 0) is 13.8 Å². The number of ether oxygens (including phenoxy) is 1. The number of nitrogen functional groups attached to an aromatic ring is 1. The fraction of sp³-hybridized carbons (Fsp3) is 0.545. The quantitative estimate of drug-likeness (QED) is 0.626. The molecule has 0 saturated heterocycles. The second kappa shape index (κ2) is 6.39. The predicted octanol–water partition coefficient (Wildman–Crippen LogP) is 1.71. The van der Waals surface area contributed by atoms with Crippen LogP contribution in [0.2, 0.25) is 5.15 Å². The first-order chi connectivity index (χ1) is 8.38. The minimum Gasteiger partial charge on any atom is -0.463 e. The van der Waals surface area contributed by atoms with Crippen LogP contribution in [0.4, 0.5) is 11.8 Å². The summed E-state index contributed by atoms with van der Waals surface area (Å²) in [4.78, 5) is 19.2. The van der Waals surface area contributed by atoms with Crippen molar-refractivity contribution in [3.63, 3.8) is 0 Å². The molecule has 0 radical (unpaired) electrons. The molecule has 0 saturated carbocycles. The Morgan fingerprint density at radius 1 is 1.50 bits per heavy atom. The van der Waals surface area contributed by atoms with E-state index in [1.165, 1.54) is 0 Å². The number of anilines is 2. The molecule has 0 aliphatic carbocycles. The molecule has 1 aromatic rings. The van der Waals surface area contributed by atoms with Crippen LogP contribution in [0.15, 0.2) is 6.07 Å². The Hall–Kier alpha value is -1.56. The second-order valence-electron chi connectivity index (χ2n) is 4.20. The molecule has 0 bridgehead atoms. The monoisotopic (exact) mass is 272 g/mol. The number of hydrogen-bond acceptors (Lipinski definition) is 6. The summed E-state index contributed by atoms with van der Waals surface area (Å²) in [7, 11) is 0. The number of carbonyl (C=O) groups excluding carboxylic acids is 1. The zero-order valence-corrected chi connectivity index (χ0v) is 11.4.